The van der Waals surface area contributed by atoms with Gasteiger partial charge >= 0.3 is 15.6 Å². The predicted octanol–water partition coefficient (Wildman–Crippen LogP) is 2.74. The zero-order valence-electron chi connectivity index (χ0n) is 13.8. The highest BCUT2D eigenvalue weighted by Gasteiger charge is 2.56. The summed E-state index contributed by atoms with van der Waals surface area (Å²) >= 11 is 0. The van der Waals surface area contributed by atoms with Crippen LogP contribution in [0.25, 0.3) is 0 Å². The van der Waals surface area contributed by atoms with Crippen molar-refractivity contribution in [1.82, 2.24) is 0 Å². The maximum atomic E-state index is 12.4. The molecule has 3 fully saturated rings. The van der Waals surface area contributed by atoms with Gasteiger partial charge in [0.2, 0.25) is 0 Å². The van der Waals surface area contributed by atoms with Crippen molar-refractivity contribution in [3.05, 3.63) is 12.3 Å². The molecular weight excluding hydrogens is 365 g/mol. The van der Waals surface area contributed by atoms with E-state index in [4.69, 9.17) is 14.2 Å². The van der Waals surface area contributed by atoms with Gasteiger partial charge in [-0.2, -0.15) is 21.6 Å². The van der Waals surface area contributed by atoms with Crippen LogP contribution < -0.4 is 0 Å². The maximum Gasteiger partial charge on any atom is 0.534 e. The van der Waals surface area contributed by atoms with Crippen LogP contribution in [0, 0.1) is 5.92 Å². The van der Waals surface area contributed by atoms with Gasteiger partial charge in [0.15, 0.2) is 0 Å². The second-order valence-corrected chi connectivity index (χ2v) is 8.47. The second kappa shape index (κ2) is 6.40. The molecule has 3 unspecified atom stereocenters. The Bertz CT molecular complexity index is 640. The lowest BCUT2D eigenvalue weighted by molar-refractivity contribution is -0.186. The van der Waals surface area contributed by atoms with Crippen LogP contribution in [0.3, 0.4) is 0 Å². The van der Waals surface area contributed by atoms with Crippen LogP contribution in [0.2, 0.25) is 0 Å². The molecule has 2 bridgehead atoms. The Balaban J connectivity index is 0.00000243. The van der Waals surface area contributed by atoms with Gasteiger partial charge in [0.1, 0.15) is 11.4 Å². The summed E-state index contributed by atoms with van der Waals surface area (Å²) in [6.07, 6.45) is 2.23. The van der Waals surface area contributed by atoms with Crippen molar-refractivity contribution in [3.63, 3.8) is 0 Å². The highest BCUT2D eigenvalue weighted by atomic mass is 32.2. The van der Waals surface area contributed by atoms with Gasteiger partial charge in [0.05, 0.1) is 31.5 Å². The molecule has 3 rings (SSSR count). The average Bonchev–Trinajstić information content (AvgIpc) is 2.74. The van der Waals surface area contributed by atoms with Crippen LogP contribution in [0.5, 0.6) is 0 Å². The first-order valence-corrected chi connectivity index (χ1v) is 9.54. The molecule has 0 aromatic heterocycles. The lowest BCUT2D eigenvalue weighted by Gasteiger charge is -2.43. The number of hydrogen-bond acceptors (Lipinski definition) is 6. The van der Waals surface area contributed by atoms with E-state index in [9.17, 15) is 21.6 Å². The summed E-state index contributed by atoms with van der Waals surface area (Å²) in [6.45, 7) is 5.88. The molecule has 146 valence electrons. The van der Waals surface area contributed by atoms with Crippen molar-refractivity contribution in [3.8, 4) is 0 Å². The standard InChI is InChI=1S/C15H21F3O6S.H2/c1-9(10(2)24-25(19,20)15(16,17)18)5-11-3-4-13-14(23-11)6-12(22-13)7-21-8-14;/h9,11-13H,2-8H2,1H3;1H/t9?,11-,12?,13?,14-;/m1./s1. The zero-order valence-corrected chi connectivity index (χ0v) is 14.6. The highest BCUT2D eigenvalue weighted by Crippen LogP contribution is 2.45. The van der Waals surface area contributed by atoms with E-state index in [1.165, 1.54) is 0 Å². The topological polar surface area (TPSA) is 71.1 Å². The number of rotatable bonds is 5. The Morgan fingerprint density at radius 1 is 1.44 bits per heavy atom. The number of allylic oxidation sites excluding steroid dienone is 1. The first-order chi connectivity index (χ1) is 11.5. The van der Waals surface area contributed by atoms with Crippen molar-refractivity contribution < 1.29 is 41.4 Å². The number of hydrogen-bond donors (Lipinski definition) is 0. The van der Waals surface area contributed by atoms with Crippen molar-refractivity contribution in [1.29, 1.82) is 0 Å². The molecule has 0 aromatic carbocycles. The maximum absolute atomic E-state index is 12.4. The molecule has 5 atom stereocenters. The molecule has 0 aliphatic carbocycles. The molecule has 3 heterocycles. The minimum absolute atomic E-state index is 0. The smallest absolute Gasteiger partial charge is 0.381 e. The molecule has 0 saturated carbocycles. The molecular formula is C15H23F3O6S. The summed E-state index contributed by atoms with van der Waals surface area (Å²) in [6, 6.07) is 0. The van der Waals surface area contributed by atoms with Gasteiger partial charge in [-0.05, 0) is 19.3 Å². The van der Waals surface area contributed by atoms with E-state index in [2.05, 4.69) is 10.8 Å². The van der Waals surface area contributed by atoms with Crippen molar-refractivity contribution in [2.24, 2.45) is 5.92 Å². The molecule has 0 aromatic rings. The Kier molecular flexibility index (Phi) is 4.85. The number of ether oxygens (including phenoxy) is 3. The SMILES string of the molecule is C=C(OS(=O)(=O)C(F)(F)F)C(C)C[C@H]1CCC2OC3COC[C@@]2(C3)O1.[HH]. The molecule has 3 saturated heterocycles. The summed E-state index contributed by atoms with van der Waals surface area (Å²) in [5.74, 6) is -1.06. The summed E-state index contributed by atoms with van der Waals surface area (Å²) in [7, 11) is -5.69. The fourth-order valence-corrected chi connectivity index (χ4v) is 4.25. The fourth-order valence-electron chi connectivity index (χ4n) is 3.71. The van der Waals surface area contributed by atoms with E-state index in [1.54, 1.807) is 6.92 Å². The lowest BCUT2D eigenvalue weighted by atomic mass is 9.84. The van der Waals surface area contributed by atoms with Crippen molar-refractivity contribution in [2.75, 3.05) is 13.2 Å². The third kappa shape index (κ3) is 3.67. The normalized spacial score (nSPS) is 36.6. The number of halogens is 3. The first kappa shape index (κ1) is 18.9. The summed E-state index contributed by atoms with van der Waals surface area (Å²) in [5.41, 5.74) is -5.98. The Morgan fingerprint density at radius 3 is 2.84 bits per heavy atom. The summed E-state index contributed by atoms with van der Waals surface area (Å²) in [4.78, 5) is 0. The largest absolute Gasteiger partial charge is 0.534 e. The zero-order chi connectivity index (χ0) is 18.5. The van der Waals surface area contributed by atoms with E-state index < -0.39 is 32.9 Å². The van der Waals surface area contributed by atoms with Crippen molar-refractivity contribution >= 4 is 10.1 Å². The van der Waals surface area contributed by atoms with Crippen LogP contribution in [0.1, 0.15) is 34.0 Å². The molecule has 3 aliphatic heterocycles. The van der Waals surface area contributed by atoms with Crippen LogP contribution in [0.15, 0.2) is 12.3 Å². The van der Waals surface area contributed by atoms with Gasteiger partial charge in [-0.1, -0.05) is 13.5 Å². The summed E-state index contributed by atoms with van der Waals surface area (Å²) < 4.78 is 81.0. The van der Waals surface area contributed by atoms with E-state index >= 15 is 0 Å². The van der Waals surface area contributed by atoms with E-state index in [1.807, 2.05) is 0 Å². The van der Waals surface area contributed by atoms with Crippen LogP contribution in [0.4, 0.5) is 13.2 Å². The van der Waals surface area contributed by atoms with Crippen LogP contribution in [-0.2, 0) is 28.5 Å². The molecule has 1 spiro atoms. The minimum Gasteiger partial charge on any atom is -0.381 e. The van der Waals surface area contributed by atoms with Crippen LogP contribution in [-0.4, -0.2) is 51.1 Å². The van der Waals surface area contributed by atoms with Crippen molar-refractivity contribution in [2.45, 2.75) is 62.0 Å². The van der Waals surface area contributed by atoms with Gasteiger partial charge in [-0.3, -0.25) is 0 Å². The van der Waals surface area contributed by atoms with Gasteiger partial charge in [-0.15, -0.1) is 0 Å². The monoisotopic (exact) mass is 388 g/mol. The molecule has 6 nitrogen and oxygen atoms in total. The molecule has 0 amide bonds. The van der Waals surface area contributed by atoms with Gasteiger partial charge in [0, 0.05) is 13.8 Å². The Hall–Kier alpha value is -0.840. The third-order valence-corrected chi connectivity index (χ3v) is 5.99. The quantitative estimate of drug-likeness (QED) is 0.410. The summed E-state index contributed by atoms with van der Waals surface area (Å²) in [5, 5.41) is 0. The van der Waals surface area contributed by atoms with E-state index in [0.29, 0.717) is 26.1 Å². The second-order valence-electron chi connectivity index (χ2n) is 6.93. The molecule has 25 heavy (non-hydrogen) atoms. The fraction of sp³-hybridized carbons (Fsp3) is 0.867. The van der Waals surface area contributed by atoms with Gasteiger partial charge < -0.3 is 18.4 Å². The molecule has 3 aliphatic rings. The number of fused-ring (bicyclic) bond motifs is 1. The molecule has 0 N–H and O–H groups in total. The van der Waals surface area contributed by atoms with Gasteiger partial charge in [0.25, 0.3) is 0 Å². The third-order valence-electron chi connectivity index (χ3n) is 4.99. The minimum atomic E-state index is -5.69. The molecule has 0 radical (unpaired) electrons. The predicted molar refractivity (Wildman–Crippen MR) is 82.0 cm³/mol. The van der Waals surface area contributed by atoms with E-state index in [-0.39, 0.29) is 19.7 Å². The molecule has 10 heteroatoms. The van der Waals surface area contributed by atoms with Crippen LogP contribution >= 0.6 is 0 Å². The lowest BCUT2D eigenvalue weighted by Crippen LogP contribution is -2.52. The Labute approximate surface area is 145 Å². The Morgan fingerprint density at radius 2 is 2.16 bits per heavy atom. The number of alkyl halides is 3. The average molecular weight is 388 g/mol. The van der Waals surface area contributed by atoms with E-state index in [0.717, 1.165) is 12.8 Å². The highest BCUT2D eigenvalue weighted by molar-refractivity contribution is 7.87. The first-order valence-electron chi connectivity index (χ1n) is 8.13. The van der Waals surface area contributed by atoms with Gasteiger partial charge in [-0.25, -0.2) is 0 Å².